The van der Waals surface area contributed by atoms with E-state index in [4.69, 9.17) is 16.3 Å². The molecule has 0 saturated carbocycles. The lowest BCUT2D eigenvalue weighted by Crippen LogP contribution is -2.48. The van der Waals surface area contributed by atoms with Crippen LogP contribution in [0.5, 0.6) is 5.75 Å². The molecule has 3 aromatic carbocycles. The number of carbonyl (C=O) groups is 1. The summed E-state index contributed by atoms with van der Waals surface area (Å²) in [6, 6.07) is 17.2. The number of nitrogens with one attached hydrogen (secondary N) is 1. The van der Waals surface area contributed by atoms with Crippen molar-refractivity contribution >= 4 is 38.9 Å². The zero-order chi connectivity index (χ0) is 25.2. The third-order valence-electron chi connectivity index (χ3n) is 6.30. The van der Waals surface area contributed by atoms with Crippen molar-refractivity contribution in [3.8, 4) is 5.75 Å². The summed E-state index contributed by atoms with van der Waals surface area (Å²) in [5, 5.41) is 3.18. The van der Waals surface area contributed by atoms with Gasteiger partial charge >= 0.3 is 0 Å². The molecule has 4 rings (SSSR count). The Balaban J connectivity index is 1.53. The van der Waals surface area contributed by atoms with Crippen molar-refractivity contribution in [3.05, 3.63) is 82.4 Å². The number of halogens is 1. The van der Waals surface area contributed by atoms with E-state index in [2.05, 4.69) is 36.2 Å². The van der Waals surface area contributed by atoms with E-state index in [0.717, 1.165) is 5.69 Å². The highest BCUT2D eigenvalue weighted by molar-refractivity contribution is 7.89. The van der Waals surface area contributed by atoms with Gasteiger partial charge in [0.15, 0.2) is 0 Å². The fourth-order valence-corrected chi connectivity index (χ4v) is 5.81. The van der Waals surface area contributed by atoms with E-state index in [9.17, 15) is 13.2 Å². The van der Waals surface area contributed by atoms with Gasteiger partial charge in [0, 0.05) is 42.5 Å². The lowest BCUT2D eigenvalue weighted by molar-refractivity contribution is 0.102. The molecule has 0 atom stereocenters. The van der Waals surface area contributed by atoms with Crippen LogP contribution in [0.2, 0.25) is 5.02 Å². The van der Waals surface area contributed by atoms with Gasteiger partial charge in [-0.2, -0.15) is 4.31 Å². The summed E-state index contributed by atoms with van der Waals surface area (Å²) in [5.74, 6) is -0.0541. The number of nitrogens with zero attached hydrogens (tertiary/aromatic N) is 2. The topological polar surface area (TPSA) is 79.0 Å². The zero-order valence-electron chi connectivity index (χ0n) is 19.9. The van der Waals surface area contributed by atoms with Crippen LogP contribution in [-0.2, 0) is 10.0 Å². The molecule has 1 aliphatic heterocycles. The number of sulfonamides is 1. The number of benzene rings is 3. The molecule has 7 nitrogen and oxygen atoms in total. The van der Waals surface area contributed by atoms with Crippen LogP contribution in [0.3, 0.4) is 0 Å². The van der Waals surface area contributed by atoms with Crippen LogP contribution in [0.4, 0.5) is 11.4 Å². The second-order valence-corrected chi connectivity index (χ2v) is 10.8. The average molecular weight is 514 g/mol. The summed E-state index contributed by atoms with van der Waals surface area (Å²) in [5.41, 5.74) is 4.18. The molecule has 1 N–H and O–H groups in total. The molecule has 184 valence electrons. The van der Waals surface area contributed by atoms with Crippen LogP contribution in [0.15, 0.2) is 65.6 Å². The molecule has 1 aliphatic rings. The minimum absolute atomic E-state index is 0.0971. The van der Waals surface area contributed by atoms with Gasteiger partial charge < -0.3 is 15.0 Å². The normalized spacial score (nSPS) is 14.6. The maximum atomic E-state index is 13.4. The number of rotatable bonds is 6. The molecule has 1 heterocycles. The average Bonchev–Trinajstić information content (AvgIpc) is 2.85. The molecular formula is C26H28ClN3O4S. The first-order chi connectivity index (χ1) is 16.7. The molecule has 1 saturated heterocycles. The molecular weight excluding hydrogens is 486 g/mol. The highest BCUT2D eigenvalue weighted by Crippen LogP contribution is 2.31. The molecule has 0 spiro atoms. The Morgan fingerprint density at radius 2 is 1.69 bits per heavy atom. The first kappa shape index (κ1) is 25.0. The number of ether oxygens (including phenoxy) is 1. The predicted octanol–water partition coefficient (Wildman–Crippen LogP) is 4.73. The third-order valence-corrected chi connectivity index (χ3v) is 8.43. The molecule has 0 radical (unpaired) electrons. The lowest BCUT2D eigenvalue weighted by Gasteiger charge is -2.36. The van der Waals surface area contributed by atoms with Gasteiger partial charge in [-0.15, -0.1) is 0 Å². The Labute approximate surface area is 211 Å². The molecule has 0 unspecified atom stereocenters. The maximum absolute atomic E-state index is 13.4. The van der Waals surface area contributed by atoms with Crippen LogP contribution >= 0.6 is 11.6 Å². The summed E-state index contributed by atoms with van der Waals surface area (Å²) < 4.78 is 33.7. The van der Waals surface area contributed by atoms with E-state index in [1.54, 1.807) is 30.3 Å². The van der Waals surface area contributed by atoms with Crippen molar-refractivity contribution in [3.63, 3.8) is 0 Å². The Morgan fingerprint density at radius 3 is 2.37 bits per heavy atom. The fourth-order valence-electron chi connectivity index (χ4n) is 4.17. The van der Waals surface area contributed by atoms with Gasteiger partial charge in [-0.05, 0) is 67.4 Å². The molecule has 0 aromatic heterocycles. The zero-order valence-corrected chi connectivity index (χ0v) is 21.5. The quantitative estimate of drug-likeness (QED) is 0.515. The number of methoxy groups -OCH3 is 1. The minimum Gasteiger partial charge on any atom is -0.495 e. The second kappa shape index (κ2) is 10.3. The van der Waals surface area contributed by atoms with Gasteiger partial charge in [-0.1, -0.05) is 29.8 Å². The van der Waals surface area contributed by atoms with E-state index < -0.39 is 15.9 Å². The SMILES string of the molecule is COc1ccc(S(=O)(=O)N2CCN(c3cccc(C)c3C)CC2)cc1NC(=O)c1cccc(Cl)c1. The minimum atomic E-state index is -3.76. The number of hydrogen-bond donors (Lipinski definition) is 1. The van der Waals surface area contributed by atoms with Gasteiger partial charge in [0.25, 0.3) is 5.91 Å². The van der Waals surface area contributed by atoms with Gasteiger partial charge in [-0.3, -0.25) is 4.79 Å². The summed E-state index contributed by atoms with van der Waals surface area (Å²) in [6.07, 6.45) is 0. The first-order valence-electron chi connectivity index (χ1n) is 11.3. The number of anilines is 2. The molecule has 0 bridgehead atoms. The van der Waals surface area contributed by atoms with Crippen LogP contribution in [0, 0.1) is 13.8 Å². The summed E-state index contributed by atoms with van der Waals surface area (Å²) in [4.78, 5) is 15.0. The van der Waals surface area contributed by atoms with Gasteiger partial charge in [0.05, 0.1) is 17.7 Å². The number of hydrogen-bond acceptors (Lipinski definition) is 5. The Hall–Kier alpha value is -3.07. The van der Waals surface area contributed by atoms with E-state index in [-0.39, 0.29) is 10.6 Å². The van der Waals surface area contributed by atoms with Crippen molar-refractivity contribution in [1.29, 1.82) is 0 Å². The maximum Gasteiger partial charge on any atom is 0.255 e. The highest BCUT2D eigenvalue weighted by atomic mass is 35.5. The van der Waals surface area contributed by atoms with Crippen LogP contribution in [0.25, 0.3) is 0 Å². The van der Waals surface area contributed by atoms with E-state index in [0.29, 0.717) is 42.5 Å². The highest BCUT2D eigenvalue weighted by Gasteiger charge is 2.30. The largest absolute Gasteiger partial charge is 0.495 e. The van der Waals surface area contributed by atoms with E-state index in [1.807, 2.05) is 6.07 Å². The molecule has 1 amide bonds. The van der Waals surface area contributed by atoms with Gasteiger partial charge in [-0.25, -0.2) is 8.42 Å². The Morgan fingerprint density at radius 1 is 0.971 bits per heavy atom. The van der Waals surface area contributed by atoms with Crippen LogP contribution < -0.4 is 15.0 Å². The van der Waals surface area contributed by atoms with Gasteiger partial charge in [0.2, 0.25) is 10.0 Å². The standard InChI is InChI=1S/C26H28ClN3O4S/c1-18-6-4-9-24(19(18)2)29-12-14-30(15-13-29)35(32,33)22-10-11-25(34-3)23(17-22)28-26(31)20-7-5-8-21(27)16-20/h4-11,16-17H,12-15H2,1-3H3,(H,28,31). The van der Waals surface area contributed by atoms with Crippen molar-refractivity contribution in [2.24, 2.45) is 0 Å². The van der Waals surface area contributed by atoms with Crippen LogP contribution in [-0.4, -0.2) is 51.9 Å². The number of carbonyl (C=O) groups excluding carboxylic acids is 1. The fraction of sp³-hybridized carbons (Fsp3) is 0.269. The first-order valence-corrected chi connectivity index (χ1v) is 13.1. The summed E-state index contributed by atoms with van der Waals surface area (Å²) in [7, 11) is -2.30. The van der Waals surface area contributed by atoms with Crippen molar-refractivity contribution in [1.82, 2.24) is 4.31 Å². The van der Waals surface area contributed by atoms with Crippen molar-refractivity contribution in [2.45, 2.75) is 18.7 Å². The molecule has 1 fully saturated rings. The van der Waals surface area contributed by atoms with E-state index in [1.165, 1.54) is 34.7 Å². The second-order valence-electron chi connectivity index (χ2n) is 8.44. The smallest absolute Gasteiger partial charge is 0.255 e. The molecule has 0 aliphatic carbocycles. The Bertz CT molecular complexity index is 1350. The predicted molar refractivity (Wildman–Crippen MR) is 139 cm³/mol. The van der Waals surface area contributed by atoms with Crippen molar-refractivity contribution in [2.75, 3.05) is 43.5 Å². The summed E-state index contributed by atoms with van der Waals surface area (Å²) in [6.45, 7) is 6.09. The third kappa shape index (κ3) is 5.29. The monoisotopic (exact) mass is 513 g/mol. The van der Waals surface area contributed by atoms with Gasteiger partial charge in [0.1, 0.15) is 5.75 Å². The van der Waals surface area contributed by atoms with E-state index >= 15 is 0 Å². The summed E-state index contributed by atoms with van der Waals surface area (Å²) >= 11 is 5.99. The van der Waals surface area contributed by atoms with Crippen LogP contribution in [0.1, 0.15) is 21.5 Å². The number of piperazine rings is 1. The number of aryl methyl sites for hydroxylation is 1. The number of amides is 1. The molecule has 3 aromatic rings. The van der Waals surface area contributed by atoms with Crippen molar-refractivity contribution < 1.29 is 17.9 Å². The lowest BCUT2D eigenvalue weighted by atomic mass is 10.1. The molecule has 35 heavy (non-hydrogen) atoms. The molecule has 9 heteroatoms. The Kier molecular flexibility index (Phi) is 7.35.